The molecule has 1 amide bonds. The molecule has 2 unspecified atom stereocenters. The second-order valence-electron chi connectivity index (χ2n) is 8.74. The average molecular weight is 373 g/mol. The summed E-state index contributed by atoms with van der Waals surface area (Å²) in [5, 5.41) is 0. The van der Waals surface area contributed by atoms with E-state index in [9.17, 15) is 4.79 Å². The van der Waals surface area contributed by atoms with E-state index in [0.29, 0.717) is 19.8 Å². The fourth-order valence-corrected chi connectivity index (χ4v) is 4.58. The molecule has 3 aliphatic rings. The lowest BCUT2D eigenvalue weighted by Gasteiger charge is -2.42. The second kappa shape index (κ2) is 7.32. The van der Waals surface area contributed by atoms with Gasteiger partial charge in [0.05, 0.1) is 12.6 Å². The molecule has 0 aliphatic carbocycles. The molecule has 0 spiro atoms. The van der Waals surface area contributed by atoms with Gasteiger partial charge in [-0.1, -0.05) is 19.9 Å². The summed E-state index contributed by atoms with van der Waals surface area (Å²) in [5.74, 6) is 1.82. The van der Waals surface area contributed by atoms with Crippen molar-refractivity contribution in [2.75, 3.05) is 39.4 Å². The minimum atomic E-state index is 0.0543. The van der Waals surface area contributed by atoms with Crippen LogP contribution in [0.4, 0.5) is 0 Å². The molecule has 6 heteroatoms. The van der Waals surface area contributed by atoms with Crippen LogP contribution in [0.25, 0.3) is 0 Å². The topological polar surface area (TPSA) is 68.0 Å². The Morgan fingerprint density at radius 2 is 1.96 bits per heavy atom. The Kier molecular flexibility index (Phi) is 5.03. The van der Waals surface area contributed by atoms with E-state index in [4.69, 9.17) is 15.2 Å². The lowest BCUT2D eigenvalue weighted by atomic mass is 9.80. The van der Waals surface area contributed by atoms with Crippen molar-refractivity contribution in [3.05, 3.63) is 23.8 Å². The highest BCUT2D eigenvalue weighted by Crippen LogP contribution is 2.38. The van der Waals surface area contributed by atoms with E-state index in [1.807, 2.05) is 17.0 Å². The minimum absolute atomic E-state index is 0.0543. The fourth-order valence-electron chi connectivity index (χ4n) is 4.58. The van der Waals surface area contributed by atoms with Crippen LogP contribution in [0.2, 0.25) is 0 Å². The van der Waals surface area contributed by atoms with Crippen molar-refractivity contribution < 1.29 is 14.3 Å². The van der Waals surface area contributed by atoms with E-state index in [1.54, 1.807) is 0 Å². The van der Waals surface area contributed by atoms with Crippen molar-refractivity contribution in [1.82, 2.24) is 9.80 Å². The number of fused-ring (bicyclic) bond motifs is 1. The number of nitrogens with zero attached hydrogens (tertiary/aromatic N) is 2. The van der Waals surface area contributed by atoms with E-state index in [2.05, 4.69) is 24.8 Å². The SMILES string of the molecule is CC1(C)CN(CC(=O)N2CCCC2c2ccc3c(c2)OCCO3)CCC1N. The predicted octanol–water partition coefficient (Wildman–Crippen LogP) is 2.18. The van der Waals surface area contributed by atoms with Gasteiger partial charge in [-0.05, 0) is 42.4 Å². The van der Waals surface area contributed by atoms with Gasteiger partial charge in [0.15, 0.2) is 11.5 Å². The number of carbonyl (C=O) groups is 1. The number of carbonyl (C=O) groups excluding carboxylic acids is 1. The summed E-state index contributed by atoms with van der Waals surface area (Å²) in [5.41, 5.74) is 7.44. The molecule has 1 aromatic rings. The van der Waals surface area contributed by atoms with Gasteiger partial charge in [0, 0.05) is 25.7 Å². The quantitative estimate of drug-likeness (QED) is 0.880. The lowest BCUT2D eigenvalue weighted by molar-refractivity contribution is -0.134. The summed E-state index contributed by atoms with van der Waals surface area (Å²) in [7, 11) is 0. The third kappa shape index (κ3) is 3.78. The van der Waals surface area contributed by atoms with Gasteiger partial charge in [0.2, 0.25) is 5.91 Å². The van der Waals surface area contributed by atoms with Gasteiger partial charge in [-0.3, -0.25) is 9.69 Å². The molecule has 0 saturated carbocycles. The van der Waals surface area contributed by atoms with Crippen LogP contribution >= 0.6 is 0 Å². The van der Waals surface area contributed by atoms with Gasteiger partial charge in [-0.2, -0.15) is 0 Å². The zero-order chi connectivity index (χ0) is 19.0. The molecule has 4 rings (SSSR count). The number of piperidine rings is 1. The highest BCUT2D eigenvalue weighted by atomic mass is 16.6. The third-order valence-corrected chi connectivity index (χ3v) is 6.27. The van der Waals surface area contributed by atoms with Crippen molar-refractivity contribution in [3.8, 4) is 11.5 Å². The Morgan fingerprint density at radius 1 is 1.19 bits per heavy atom. The van der Waals surface area contributed by atoms with Crippen molar-refractivity contribution in [1.29, 1.82) is 0 Å². The molecule has 2 fully saturated rings. The first-order valence-corrected chi connectivity index (χ1v) is 10.1. The van der Waals surface area contributed by atoms with Gasteiger partial charge >= 0.3 is 0 Å². The van der Waals surface area contributed by atoms with Crippen LogP contribution in [-0.4, -0.2) is 61.1 Å². The molecule has 1 aromatic carbocycles. The van der Waals surface area contributed by atoms with Crippen LogP contribution in [0.5, 0.6) is 11.5 Å². The third-order valence-electron chi connectivity index (χ3n) is 6.27. The molecule has 148 valence electrons. The minimum Gasteiger partial charge on any atom is -0.486 e. The Morgan fingerprint density at radius 3 is 2.74 bits per heavy atom. The molecule has 0 radical (unpaired) electrons. The van der Waals surface area contributed by atoms with Gasteiger partial charge in [-0.15, -0.1) is 0 Å². The van der Waals surface area contributed by atoms with E-state index in [-0.39, 0.29) is 23.4 Å². The molecule has 0 bridgehead atoms. The number of nitrogens with two attached hydrogens (primary N) is 1. The molecule has 27 heavy (non-hydrogen) atoms. The molecule has 0 aromatic heterocycles. The highest BCUT2D eigenvalue weighted by molar-refractivity contribution is 5.79. The molecule has 2 saturated heterocycles. The first-order valence-electron chi connectivity index (χ1n) is 10.1. The molecule has 6 nitrogen and oxygen atoms in total. The standard InChI is InChI=1S/C21H31N3O3/c1-21(2)14-23(9-7-19(21)22)13-20(25)24-8-3-4-16(24)15-5-6-17-18(12-15)27-11-10-26-17/h5-6,12,16,19H,3-4,7-11,13-14,22H2,1-2H3. The summed E-state index contributed by atoms with van der Waals surface area (Å²) >= 11 is 0. The van der Waals surface area contributed by atoms with Crippen molar-refractivity contribution in [2.45, 2.75) is 45.2 Å². The van der Waals surface area contributed by atoms with E-state index >= 15 is 0 Å². The summed E-state index contributed by atoms with van der Waals surface area (Å²) in [6.45, 7) is 8.66. The van der Waals surface area contributed by atoms with Crippen molar-refractivity contribution in [2.24, 2.45) is 11.1 Å². The van der Waals surface area contributed by atoms with E-state index in [0.717, 1.165) is 56.0 Å². The maximum Gasteiger partial charge on any atom is 0.237 e. The van der Waals surface area contributed by atoms with Gasteiger partial charge in [0.1, 0.15) is 13.2 Å². The smallest absolute Gasteiger partial charge is 0.237 e. The van der Waals surface area contributed by atoms with Crippen LogP contribution in [0.15, 0.2) is 18.2 Å². The zero-order valence-corrected chi connectivity index (χ0v) is 16.4. The number of hydrogen-bond acceptors (Lipinski definition) is 5. The summed E-state index contributed by atoms with van der Waals surface area (Å²) < 4.78 is 11.3. The molecular formula is C21H31N3O3. The van der Waals surface area contributed by atoms with Crippen LogP contribution in [0.3, 0.4) is 0 Å². The zero-order valence-electron chi connectivity index (χ0n) is 16.4. The van der Waals surface area contributed by atoms with Crippen LogP contribution in [-0.2, 0) is 4.79 Å². The molecular weight excluding hydrogens is 342 g/mol. The normalized spacial score (nSPS) is 27.6. The Hall–Kier alpha value is -1.79. The average Bonchev–Trinajstić information content (AvgIpc) is 3.14. The number of ether oxygens (including phenoxy) is 2. The number of benzene rings is 1. The molecule has 2 N–H and O–H groups in total. The predicted molar refractivity (Wildman–Crippen MR) is 104 cm³/mol. The van der Waals surface area contributed by atoms with Crippen LogP contribution in [0.1, 0.15) is 44.7 Å². The van der Waals surface area contributed by atoms with E-state index in [1.165, 1.54) is 0 Å². The van der Waals surface area contributed by atoms with Gasteiger partial charge in [-0.25, -0.2) is 0 Å². The monoisotopic (exact) mass is 373 g/mol. The van der Waals surface area contributed by atoms with Crippen LogP contribution in [0, 0.1) is 5.41 Å². The van der Waals surface area contributed by atoms with Gasteiger partial charge < -0.3 is 20.1 Å². The number of likely N-dealkylation sites (tertiary alicyclic amines) is 2. The first kappa shape index (κ1) is 18.6. The first-order chi connectivity index (χ1) is 12.9. The molecule has 3 heterocycles. The lowest BCUT2D eigenvalue weighted by Crippen LogP contribution is -2.54. The van der Waals surface area contributed by atoms with Gasteiger partial charge in [0.25, 0.3) is 0 Å². The molecule has 3 aliphatic heterocycles. The largest absolute Gasteiger partial charge is 0.486 e. The molecule has 2 atom stereocenters. The highest BCUT2D eigenvalue weighted by Gasteiger charge is 2.36. The number of amides is 1. The van der Waals surface area contributed by atoms with Crippen LogP contribution < -0.4 is 15.2 Å². The second-order valence-corrected chi connectivity index (χ2v) is 8.74. The number of hydrogen-bond donors (Lipinski definition) is 1. The Labute approximate surface area is 161 Å². The maximum atomic E-state index is 13.1. The number of rotatable bonds is 3. The summed E-state index contributed by atoms with van der Waals surface area (Å²) in [6, 6.07) is 6.44. The summed E-state index contributed by atoms with van der Waals surface area (Å²) in [4.78, 5) is 17.4. The Balaban J connectivity index is 1.44. The fraction of sp³-hybridized carbons (Fsp3) is 0.667. The van der Waals surface area contributed by atoms with Crippen molar-refractivity contribution >= 4 is 5.91 Å². The Bertz CT molecular complexity index is 706. The maximum absolute atomic E-state index is 13.1. The van der Waals surface area contributed by atoms with E-state index < -0.39 is 0 Å². The van der Waals surface area contributed by atoms with Crippen molar-refractivity contribution in [3.63, 3.8) is 0 Å². The summed E-state index contributed by atoms with van der Waals surface area (Å²) in [6.07, 6.45) is 2.99.